The van der Waals surface area contributed by atoms with Crippen LogP contribution in [-0.4, -0.2) is 17.5 Å². The lowest BCUT2D eigenvalue weighted by atomic mass is 10.1. The van der Waals surface area contributed by atoms with E-state index in [2.05, 4.69) is 17.2 Å². The number of carbonyl (C=O) groups excluding carboxylic acids is 1. The summed E-state index contributed by atoms with van der Waals surface area (Å²) in [5.74, 6) is 0.838. The van der Waals surface area contributed by atoms with Gasteiger partial charge in [0.05, 0.1) is 10.6 Å². The highest BCUT2D eigenvalue weighted by molar-refractivity contribution is 6.33. The van der Waals surface area contributed by atoms with Crippen LogP contribution >= 0.6 is 11.6 Å². The van der Waals surface area contributed by atoms with E-state index in [1.165, 1.54) is 5.56 Å². The Labute approximate surface area is 186 Å². The minimum absolute atomic E-state index is 0.0927. The second kappa shape index (κ2) is 8.82. The fraction of sp³-hybridized carbons (Fsp3) is 0.200. The summed E-state index contributed by atoms with van der Waals surface area (Å²) in [6, 6.07) is 17.0. The predicted molar refractivity (Wildman–Crippen MR) is 124 cm³/mol. The number of benzene rings is 3. The average Bonchev–Trinajstić information content (AvgIpc) is 3.17. The molecule has 0 aliphatic heterocycles. The van der Waals surface area contributed by atoms with Crippen LogP contribution in [0.5, 0.6) is 5.75 Å². The summed E-state index contributed by atoms with van der Waals surface area (Å²) in [5.41, 5.74) is 6.00. The van der Waals surface area contributed by atoms with Gasteiger partial charge in [0.2, 0.25) is 5.89 Å². The molecule has 0 aliphatic carbocycles. The molecule has 6 heteroatoms. The highest BCUT2D eigenvalue weighted by Crippen LogP contribution is 2.32. The molecular weight excluding hydrogens is 412 g/mol. The number of hydrogen-bond donors (Lipinski definition) is 1. The zero-order valence-corrected chi connectivity index (χ0v) is 18.4. The van der Waals surface area contributed by atoms with Crippen LogP contribution in [0, 0.1) is 13.8 Å². The van der Waals surface area contributed by atoms with Gasteiger partial charge in [0, 0.05) is 5.69 Å². The summed E-state index contributed by atoms with van der Waals surface area (Å²) < 4.78 is 11.5. The number of hydrogen-bond acceptors (Lipinski definition) is 4. The lowest BCUT2D eigenvalue weighted by Gasteiger charge is -2.11. The number of halogens is 1. The predicted octanol–water partition coefficient (Wildman–Crippen LogP) is 6.34. The van der Waals surface area contributed by atoms with Crippen molar-refractivity contribution in [2.45, 2.75) is 27.2 Å². The molecule has 0 saturated carbocycles. The average molecular weight is 435 g/mol. The lowest BCUT2D eigenvalue weighted by molar-refractivity contribution is -0.118. The number of carbonyl (C=O) groups is 1. The van der Waals surface area contributed by atoms with E-state index in [-0.39, 0.29) is 12.5 Å². The maximum Gasteiger partial charge on any atom is 0.262 e. The molecule has 0 unspecified atom stereocenters. The SMILES string of the molecule is CCc1ccc2oc(-c3cc(NC(=O)COc4ccc(C)cc4C)ccc3Cl)nc2c1. The standard InChI is InChI=1S/C25H23ClN2O3/c1-4-17-6-10-23-21(12-17)28-25(31-23)19-13-18(7-8-20(19)26)27-24(29)14-30-22-9-5-15(2)11-16(22)3/h5-13H,4,14H2,1-3H3,(H,27,29). The van der Waals surface area contributed by atoms with E-state index in [9.17, 15) is 4.79 Å². The molecule has 0 atom stereocenters. The number of rotatable bonds is 6. The molecule has 1 amide bonds. The molecule has 0 radical (unpaired) electrons. The summed E-state index contributed by atoms with van der Waals surface area (Å²) in [5, 5.41) is 3.33. The van der Waals surface area contributed by atoms with Crippen LogP contribution in [0.25, 0.3) is 22.6 Å². The summed E-state index contributed by atoms with van der Waals surface area (Å²) in [7, 11) is 0. The van der Waals surface area contributed by atoms with Crippen molar-refractivity contribution >= 4 is 34.3 Å². The molecule has 4 rings (SSSR count). The number of nitrogens with one attached hydrogen (secondary N) is 1. The summed E-state index contributed by atoms with van der Waals surface area (Å²) in [4.78, 5) is 17.0. The second-order valence-corrected chi connectivity index (χ2v) is 7.88. The van der Waals surface area contributed by atoms with E-state index in [0.29, 0.717) is 33.5 Å². The van der Waals surface area contributed by atoms with Crippen molar-refractivity contribution in [3.8, 4) is 17.2 Å². The third-order valence-electron chi connectivity index (χ3n) is 5.03. The number of ether oxygens (including phenoxy) is 1. The van der Waals surface area contributed by atoms with Gasteiger partial charge in [-0.2, -0.15) is 0 Å². The smallest absolute Gasteiger partial charge is 0.262 e. The van der Waals surface area contributed by atoms with Gasteiger partial charge in [0.1, 0.15) is 11.3 Å². The van der Waals surface area contributed by atoms with E-state index >= 15 is 0 Å². The molecule has 1 heterocycles. The molecule has 1 N–H and O–H groups in total. The van der Waals surface area contributed by atoms with Gasteiger partial charge in [-0.1, -0.05) is 42.3 Å². The van der Waals surface area contributed by atoms with Crippen molar-refractivity contribution in [1.82, 2.24) is 4.98 Å². The van der Waals surface area contributed by atoms with Crippen molar-refractivity contribution in [3.63, 3.8) is 0 Å². The molecule has 0 saturated heterocycles. The van der Waals surface area contributed by atoms with E-state index in [1.807, 2.05) is 50.2 Å². The molecule has 3 aromatic carbocycles. The number of nitrogens with zero attached hydrogens (tertiary/aromatic N) is 1. The molecule has 31 heavy (non-hydrogen) atoms. The number of oxazole rings is 1. The summed E-state index contributed by atoms with van der Waals surface area (Å²) >= 11 is 6.39. The lowest BCUT2D eigenvalue weighted by Crippen LogP contribution is -2.20. The van der Waals surface area contributed by atoms with Gasteiger partial charge < -0.3 is 14.5 Å². The fourth-order valence-corrected chi connectivity index (χ4v) is 3.58. The Kier molecular flexibility index (Phi) is 5.96. The summed E-state index contributed by atoms with van der Waals surface area (Å²) in [6.45, 7) is 5.97. The zero-order valence-electron chi connectivity index (χ0n) is 17.7. The van der Waals surface area contributed by atoms with Gasteiger partial charge >= 0.3 is 0 Å². The quantitative estimate of drug-likeness (QED) is 0.384. The van der Waals surface area contributed by atoms with Gasteiger partial charge in [-0.05, 0) is 67.8 Å². The first-order chi connectivity index (χ1) is 14.9. The number of aryl methyl sites for hydroxylation is 3. The first-order valence-corrected chi connectivity index (χ1v) is 10.5. The van der Waals surface area contributed by atoms with Crippen molar-refractivity contribution in [3.05, 3.63) is 76.3 Å². The zero-order chi connectivity index (χ0) is 22.0. The van der Waals surface area contributed by atoms with Gasteiger partial charge in [-0.3, -0.25) is 4.79 Å². The van der Waals surface area contributed by atoms with Crippen LogP contribution in [-0.2, 0) is 11.2 Å². The van der Waals surface area contributed by atoms with Gasteiger partial charge in [-0.15, -0.1) is 0 Å². The molecule has 0 fully saturated rings. The van der Waals surface area contributed by atoms with Crippen molar-refractivity contribution in [2.24, 2.45) is 0 Å². The van der Waals surface area contributed by atoms with E-state index < -0.39 is 0 Å². The van der Waals surface area contributed by atoms with Crippen LogP contribution in [0.2, 0.25) is 5.02 Å². The molecule has 5 nitrogen and oxygen atoms in total. The fourth-order valence-electron chi connectivity index (χ4n) is 3.38. The normalized spacial score (nSPS) is 11.0. The van der Waals surface area contributed by atoms with Crippen molar-refractivity contribution in [2.75, 3.05) is 11.9 Å². The Bertz CT molecular complexity index is 1260. The van der Waals surface area contributed by atoms with Crippen molar-refractivity contribution in [1.29, 1.82) is 0 Å². The van der Waals surface area contributed by atoms with Crippen LogP contribution in [0.1, 0.15) is 23.6 Å². The number of amides is 1. The molecule has 1 aromatic heterocycles. The Morgan fingerprint density at radius 3 is 2.71 bits per heavy atom. The molecule has 0 spiro atoms. The van der Waals surface area contributed by atoms with Gasteiger partial charge in [0.25, 0.3) is 5.91 Å². The Morgan fingerprint density at radius 1 is 1.10 bits per heavy atom. The van der Waals surface area contributed by atoms with Gasteiger partial charge in [0.15, 0.2) is 12.2 Å². The number of fused-ring (bicyclic) bond motifs is 1. The number of anilines is 1. The third kappa shape index (κ3) is 4.72. The van der Waals surface area contributed by atoms with Crippen LogP contribution < -0.4 is 10.1 Å². The van der Waals surface area contributed by atoms with Crippen LogP contribution in [0.15, 0.2) is 59.0 Å². The highest BCUT2D eigenvalue weighted by atomic mass is 35.5. The minimum atomic E-state index is -0.265. The Hall–Kier alpha value is -3.31. The highest BCUT2D eigenvalue weighted by Gasteiger charge is 2.14. The first-order valence-electron chi connectivity index (χ1n) is 10.1. The molecule has 0 aliphatic rings. The van der Waals surface area contributed by atoms with E-state index in [4.69, 9.17) is 20.8 Å². The minimum Gasteiger partial charge on any atom is -0.483 e. The molecule has 158 valence electrons. The van der Waals surface area contributed by atoms with E-state index in [1.54, 1.807) is 18.2 Å². The molecule has 0 bridgehead atoms. The Balaban J connectivity index is 1.50. The maximum absolute atomic E-state index is 12.4. The topological polar surface area (TPSA) is 64.4 Å². The van der Waals surface area contributed by atoms with Gasteiger partial charge in [-0.25, -0.2) is 4.98 Å². The molecular formula is C25H23ClN2O3. The largest absolute Gasteiger partial charge is 0.483 e. The monoisotopic (exact) mass is 434 g/mol. The Morgan fingerprint density at radius 2 is 1.94 bits per heavy atom. The van der Waals surface area contributed by atoms with Crippen LogP contribution in [0.4, 0.5) is 5.69 Å². The molecule has 4 aromatic rings. The van der Waals surface area contributed by atoms with E-state index in [0.717, 1.165) is 23.1 Å². The third-order valence-corrected chi connectivity index (χ3v) is 5.36. The second-order valence-electron chi connectivity index (χ2n) is 7.48. The number of aromatic nitrogens is 1. The summed E-state index contributed by atoms with van der Waals surface area (Å²) in [6.07, 6.45) is 0.921. The maximum atomic E-state index is 12.4. The van der Waals surface area contributed by atoms with Crippen LogP contribution in [0.3, 0.4) is 0 Å². The first kappa shape index (κ1) is 20.9. The van der Waals surface area contributed by atoms with Crippen molar-refractivity contribution < 1.29 is 13.9 Å².